The molecule has 8 nitrogen and oxygen atoms in total. The van der Waals surface area contributed by atoms with Gasteiger partial charge in [-0.05, 0) is 25.0 Å². The van der Waals surface area contributed by atoms with Gasteiger partial charge in [0.15, 0.2) is 6.61 Å². The fourth-order valence-electron chi connectivity index (χ4n) is 1.87. The zero-order valence-electron chi connectivity index (χ0n) is 15.3. The Morgan fingerprint density at radius 2 is 1.96 bits per heavy atom. The Morgan fingerprint density at radius 3 is 2.52 bits per heavy atom. The van der Waals surface area contributed by atoms with Crippen molar-refractivity contribution in [3.05, 3.63) is 29.3 Å². The summed E-state index contributed by atoms with van der Waals surface area (Å²) in [5.74, 6) is -1.51. The first-order valence-electron chi connectivity index (χ1n) is 8.14. The third-order valence-corrected chi connectivity index (χ3v) is 5.86. The molecule has 10 heteroatoms. The SMILES string of the molecule is CC(C)[C@](C)(C#N)NC(=O)COC(=O)CCNS(=O)(=O)c1ccccc1Cl. The van der Waals surface area contributed by atoms with Crippen LogP contribution < -0.4 is 10.0 Å². The molecule has 0 unspecified atom stereocenters. The van der Waals surface area contributed by atoms with Crippen molar-refractivity contribution in [3.63, 3.8) is 0 Å². The summed E-state index contributed by atoms with van der Waals surface area (Å²) >= 11 is 5.84. The van der Waals surface area contributed by atoms with Crippen molar-refractivity contribution in [2.45, 2.75) is 37.6 Å². The van der Waals surface area contributed by atoms with E-state index in [0.29, 0.717) is 0 Å². The highest BCUT2D eigenvalue weighted by Gasteiger charge is 2.30. The predicted octanol–water partition coefficient (Wildman–Crippen LogP) is 1.61. The number of nitriles is 1. The lowest BCUT2D eigenvalue weighted by molar-refractivity contribution is -0.148. The molecule has 0 bridgehead atoms. The molecule has 0 fully saturated rings. The van der Waals surface area contributed by atoms with Crippen LogP contribution in [0.4, 0.5) is 0 Å². The van der Waals surface area contributed by atoms with Crippen LogP contribution in [0.3, 0.4) is 0 Å². The lowest BCUT2D eigenvalue weighted by Gasteiger charge is -2.27. The monoisotopic (exact) mass is 415 g/mol. The fraction of sp³-hybridized carbons (Fsp3) is 0.471. The molecule has 1 rings (SSSR count). The first-order chi connectivity index (χ1) is 12.5. The number of benzene rings is 1. The van der Waals surface area contributed by atoms with Gasteiger partial charge < -0.3 is 10.1 Å². The quantitative estimate of drug-likeness (QED) is 0.590. The second-order valence-corrected chi connectivity index (χ2v) is 8.40. The number of hydrogen-bond acceptors (Lipinski definition) is 6. The Morgan fingerprint density at radius 1 is 1.33 bits per heavy atom. The van der Waals surface area contributed by atoms with Gasteiger partial charge in [0, 0.05) is 6.54 Å². The number of carbonyl (C=O) groups excluding carboxylic acids is 2. The van der Waals surface area contributed by atoms with Crippen molar-refractivity contribution in [2.24, 2.45) is 5.92 Å². The maximum atomic E-state index is 12.1. The Labute approximate surface area is 163 Å². The van der Waals surface area contributed by atoms with E-state index in [1.165, 1.54) is 18.2 Å². The highest BCUT2D eigenvalue weighted by atomic mass is 35.5. The minimum atomic E-state index is -3.86. The number of esters is 1. The zero-order valence-corrected chi connectivity index (χ0v) is 16.9. The summed E-state index contributed by atoms with van der Waals surface area (Å²) in [5, 5.41) is 11.7. The van der Waals surface area contributed by atoms with E-state index in [1.807, 2.05) is 6.07 Å². The van der Waals surface area contributed by atoms with Gasteiger partial charge in [-0.15, -0.1) is 0 Å². The molecule has 0 aromatic heterocycles. The van der Waals surface area contributed by atoms with Crippen molar-refractivity contribution in [1.82, 2.24) is 10.0 Å². The van der Waals surface area contributed by atoms with Gasteiger partial charge in [0.25, 0.3) is 5.91 Å². The normalized spacial score (nSPS) is 13.5. The molecule has 0 saturated carbocycles. The van der Waals surface area contributed by atoms with Gasteiger partial charge in [0.2, 0.25) is 10.0 Å². The molecule has 1 atom stereocenters. The second-order valence-electron chi connectivity index (χ2n) is 6.26. The van der Waals surface area contributed by atoms with E-state index in [9.17, 15) is 18.0 Å². The maximum Gasteiger partial charge on any atom is 0.307 e. The van der Waals surface area contributed by atoms with Gasteiger partial charge in [-0.3, -0.25) is 9.59 Å². The molecular weight excluding hydrogens is 394 g/mol. The highest BCUT2D eigenvalue weighted by molar-refractivity contribution is 7.89. The number of nitrogens with zero attached hydrogens (tertiary/aromatic N) is 1. The van der Waals surface area contributed by atoms with Crippen molar-refractivity contribution in [3.8, 4) is 6.07 Å². The van der Waals surface area contributed by atoms with Crippen LogP contribution in [0, 0.1) is 17.2 Å². The number of rotatable bonds is 9. The second kappa shape index (κ2) is 9.69. The van der Waals surface area contributed by atoms with Crippen molar-refractivity contribution in [2.75, 3.05) is 13.2 Å². The van der Waals surface area contributed by atoms with Gasteiger partial charge in [0.1, 0.15) is 10.4 Å². The summed E-state index contributed by atoms with van der Waals surface area (Å²) in [6.07, 6.45) is -0.267. The molecule has 2 N–H and O–H groups in total. The summed E-state index contributed by atoms with van der Waals surface area (Å²) < 4.78 is 31.3. The van der Waals surface area contributed by atoms with Crippen LogP contribution in [0.1, 0.15) is 27.2 Å². The molecule has 0 heterocycles. The summed E-state index contributed by atoms with van der Waals surface area (Å²) in [5.41, 5.74) is -1.08. The number of nitrogens with one attached hydrogen (secondary N) is 2. The molecule has 27 heavy (non-hydrogen) atoms. The molecular formula is C17H22ClN3O5S. The molecule has 0 aliphatic carbocycles. The van der Waals surface area contributed by atoms with Crippen LogP contribution in [0.5, 0.6) is 0 Å². The molecule has 0 spiro atoms. The smallest absolute Gasteiger partial charge is 0.307 e. The van der Waals surface area contributed by atoms with Crippen LogP contribution in [0.25, 0.3) is 0 Å². The molecule has 1 aromatic carbocycles. The lowest BCUT2D eigenvalue weighted by Crippen LogP contribution is -2.50. The Balaban J connectivity index is 2.45. The third kappa shape index (κ3) is 6.82. The molecule has 0 saturated heterocycles. The van der Waals surface area contributed by atoms with E-state index < -0.39 is 34.0 Å². The van der Waals surface area contributed by atoms with E-state index in [4.69, 9.17) is 21.6 Å². The number of ether oxygens (including phenoxy) is 1. The van der Waals surface area contributed by atoms with Crippen LogP contribution in [0.15, 0.2) is 29.2 Å². The van der Waals surface area contributed by atoms with Gasteiger partial charge in [-0.2, -0.15) is 5.26 Å². The summed E-state index contributed by atoms with van der Waals surface area (Å²) in [7, 11) is -3.86. The van der Waals surface area contributed by atoms with E-state index in [2.05, 4.69) is 10.0 Å². The standard InChI is InChI=1S/C17H22ClN3O5S/c1-12(2)17(3,11-19)21-15(22)10-26-16(23)8-9-20-27(24,25)14-7-5-4-6-13(14)18/h4-7,12,20H,8-10H2,1-3H3,(H,21,22)/t17-/m0/s1. The molecule has 1 aromatic rings. The van der Waals surface area contributed by atoms with Gasteiger partial charge in [-0.1, -0.05) is 37.6 Å². The Kier molecular flexibility index (Phi) is 8.21. The molecule has 0 aliphatic rings. The van der Waals surface area contributed by atoms with E-state index >= 15 is 0 Å². The summed E-state index contributed by atoms with van der Waals surface area (Å²) in [6, 6.07) is 7.91. The number of amides is 1. The number of halogens is 1. The highest BCUT2D eigenvalue weighted by Crippen LogP contribution is 2.20. The first kappa shape index (κ1) is 22.9. The summed E-state index contributed by atoms with van der Waals surface area (Å²) in [4.78, 5) is 23.4. The van der Waals surface area contributed by atoms with Crippen molar-refractivity contribution in [1.29, 1.82) is 5.26 Å². The van der Waals surface area contributed by atoms with Gasteiger partial charge in [-0.25, -0.2) is 13.1 Å². The third-order valence-electron chi connectivity index (χ3n) is 3.90. The summed E-state index contributed by atoms with van der Waals surface area (Å²) in [6.45, 7) is 4.36. The Bertz CT molecular complexity index is 835. The van der Waals surface area contributed by atoms with Crippen LogP contribution in [-0.4, -0.2) is 39.0 Å². The van der Waals surface area contributed by atoms with Crippen LogP contribution >= 0.6 is 11.6 Å². The topological polar surface area (TPSA) is 125 Å². The predicted molar refractivity (Wildman–Crippen MR) is 99.2 cm³/mol. The molecule has 148 valence electrons. The minimum Gasteiger partial charge on any atom is -0.456 e. The number of sulfonamides is 1. The maximum absolute atomic E-state index is 12.1. The largest absolute Gasteiger partial charge is 0.456 e. The fourth-order valence-corrected chi connectivity index (χ4v) is 3.42. The molecule has 0 radical (unpaired) electrons. The van der Waals surface area contributed by atoms with Crippen molar-refractivity contribution < 1.29 is 22.7 Å². The lowest BCUT2D eigenvalue weighted by atomic mass is 9.90. The van der Waals surface area contributed by atoms with Gasteiger partial charge >= 0.3 is 5.97 Å². The van der Waals surface area contributed by atoms with Crippen LogP contribution in [0.2, 0.25) is 5.02 Å². The first-order valence-corrected chi connectivity index (χ1v) is 10.00. The van der Waals surface area contributed by atoms with E-state index in [-0.39, 0.29) is 28.8 Å². The van der Waals surface area contributed by atoms with Crippen LogP contribution in [-0.2, 0) is 24.3 Å². The zero-order chi connectivity index (χ0) is 20.7. The Hall–Kier alpha value is -2.15. The average Bonchev–Trinajstić information content (AvgIpc) is 2.59. The number of carbonyl (C=O) groups is 2. The number of hydrogen-bond donors (Lipinski definition) is 2. The molecule has 0 aliphatic heterocycles. The van der Waals surface area contributed by atoms with E-state index in [1.54, 1.807) is 26.8 Å². The van der Waals surface area contributed by atoms with E-state index in [0.717, 1.165) is 0 Å². The van der Waals surface area contributed by atoms with Gasteiger partial charge in [0.05, 0.1) is 17.5 Å². The van der Waals surface area contributed by atoms with Crippen molar-refractivity contribution >= 4 is 33.5 Å². The minimum absolute atomic E-state index is 0.0648. The average molecular weight is 416 g/mol. The molecule has 1 amide bonds.